The lowest BCUT2D eigenvalue weighted by Crippen LogP contribution is -1.80. The van der Waals surface area contributed by atoms with Crippen molar-refractivity contribution in [3.63, 3.8) is 0 Å². The van der Waals surface area contributed by atoms with Gasteiger partial charge in [-0.25, -0.2) is 0 Å². The minimum atomic E-state index is 0.122. The normalized spacial score (nSPS) is 13.2. The van der Waals surface area contributed by atoms with Gasteiger partial charge in [0.05, 0.1) is 5.70 Å². The van der Waals surface area contributed by atoms with Gasteiger partial charge in [-0.2, -0.15) is 0 Å². The molecule has 0 saturated carbocycles. The number of azo groups is 1. The second kappa shape index (κ2) is 8.25. The van der Waals surface area contributed by atoms with E-state index in [4.69, 9.17) is 0 Å². The van der Waals surface area contributed by atoms with Crippen LogP contribution >= 0.6 is 31.9 Å². The van der Waals surface area contributed by atoms with Crippen LogP contribution in [0.15, 0.2) is 69.0 Å². The van der Waals surface area contributed by atoms with Gasteiger partial charge in [0.25, 0.3) is 0 Å². The first-order valence-electron chi connectivity index (χ1n) is 6.92. The van der Waals surface area contributed by atoms with E-state index in [1.165, 1.54) is 0 Å². The number of nitrogens with zero attached hydrogens (tertiary/aromatic N) is 2. The number of halogens is 2. The quantitative estimate of drug-likeness (QED) is 0.328. The maximum absolute atomic E-state index is 10.1. The number of phenolic OH excluding ortho intramolecular Hbond substituents is 1. The first kappa shape index (κ1) is 16.9. The molecule has 5 heteroatoms. The van der Waals surface area contributed by atoms with Crippen LogP contribution in [0.3, 0.4) is 0 Å². The predicted molar refractivity (Wildman–Crippen MR) is 99.3 cm³/mol. The zero-order chi connectivity index (χ0) is 15.9. The molecule has 0 spiro atoms. The van der Waals surface area contributed by atoms with Crippen molar-refractivity contribution in [1.82, 2.24) is 0 Å². The van der Waals surface area contributed by atoms with E-state index in [-0.39, 0.29) is 5.75 Å². The Morgan fingerprint density at radius 3 is 2.68 bits per heavy atom. The molecular weight excluding hydrogens is 408 g/mol. The van der Waals surface area contributed by atoms with Gasteiger partial charge < -0.3 is 5.11 Å². The number of hydrogen-bond donors (Lipinski definition) is 1. The van der Waals surface area contributed by atoms with Crippen molar-refractivity contribution in [3.05, 3.63) is 58.7 Å². The highest BCUT2D eigenvalue weighted by molar-refractivity contribution is 9.12. The number of hydrogen-bond acceptors (Lipinski definition) is 3. The van der Waals surface area contributed by atoms with Crippen LogP contribution in [0, 0.1) is 0 Å². The highest BCUT2D eigenvalue weighted by Crippen LogP contribution is 2.36. The van der Waals surface area contributed by atoms with E-state index in [0.717, 1.165) is 27.4 Å². The molecule has 2 rings (SSSR count). The van der Waals surface area contributed by atoms with Crippen molar-refractivity contribution in [1.29, 1.82) is 0 Å². The van der Waals surface area contributed by atoms with Crippen LogP contribution < -0.4 is 0 Å². The summed E-state index contributed by atoms with van der Waals surface area (Å²) in [4.78, 5) is 0. The van der Waals surface area contributed by atoms with Gasteiger partial charge in [0.1, 0.15) is 11.4 Å². The van der Waals surface area contributed by atoms with Crippen molar-refractivity contribution in [3.8, 4) is 5.75 Å². The molecule has 0 aromatic heterocycles. The molecule has 114 valence electrons. The predicted octanol–water partition coefficient (Wildman–Crippen LogP) is 6.60. The molecule has 0 heterocycles. The van der Waals surface area contributed by atoms with E-state index < -0.39 is 0 Å². The number of phenols is 1. The number of aromatic hydroxyl groups is 1. The maximum atomic E-state index is 10.1. The number of rotatable bonds is 5. The summed E-state index contributed by atoms with van der Waals surface area (Å²) in [5.41, 5.74) is 1.21. The van der Waals surface area contributed by atoms with Gasteiger partial charge in [-0.15, -0.1) is 10.2 Å². The third-order valence-corrected chi connectivity index (χ3v) is 4.09. The van der Waals surface area contributed by atoms with E-state index in [0.29, 0.717) is 11.0 Å². The molecule has 0 aliphatic rings. The van der Waals surface area contributed by atoms with E-state index in [1.54, 1.807) is 6.07 Å². The fraction of sp³-hybridized carbons (Fsp3) is 0.176. The van der Waals surface area contributed by atoms with E-state index in [9.17, 15) is 5.11 Å². The second-order valence-electron chi connectivity index (χ2n) is 4.56. The lowest BCUT2D eigenvalue weighted by Gasteiger charge is -2.04. The van der Waals surface area contributed by atoms with Crippen LogP contribution in [0.5, 0.6) is 5.75 Å². The molecule has 1 N–H and O–H groups in total. The van der Waals surface area contributed by atoms with Crippen molar-refractivity contribution >= 4 is 48.3 Å². The topological polar surface area (TPSA) is 45.0 Å². The van der Waals surface area contributed by atoms with Gasteiger partial charge in [-0.3, -0.25) is 0 Å². The first-order valence-corrected chi connectivity index (χ1v) is 8.83. The molecule has 22 heavy (non-hydrogen) atoms. The van der Waals surface area contributed by atoms with Gasteiger partial charge in [0.2, 0.25) is 0 Å². The number of benzene rings is 2. The molecule has 0 radical (unpaired) electrons. The summed E-state index contributed by atoms with van der Waals surface area (Å²) in [6, 6.07) is 11.3. The SMILES string of the molecule is CC\C=C(Br)/C(=C\CBr)/N=N/c1c(O)ccc2ccccc12. The Morgan fingerprint density at radius 1 is 1.18 bits per heavy atom. The molecule has 0 saturated heterocycles. The molecule has 3 nitrogen and oxygen atoms in total. The van der Waals surface area contributed by atoms with E-state index in [1.807, 2.05) is 42.5 Å². The zero-order valence-electron chi connectivity index (χ0n) is 12.1. The van der Waals surface area contributed by atoms with Gasteiger partial charge in [-0.1, -0.05) is 59.3 Å². The summed E-state index contributed by atoms with van der Waals surface area (Å²) in [6.45, 7) is 2.06. The zero-order valence-corrected chi connectivity index (χ0v) is 15.3. The van der Waals surface area contributed by atoms with Crippen LogP contribution in [-0.2, 0) is 0 Å². The Labute approximate surface area is 146 Å². The van der Waals surface area contributed by atoms with Crippen molar-refractivity contribution in [2.24, 2.45) is 10.2 Å². The molecule has 0 bridgehead atoms. The first-order chi connectivity index (χ1) is 10.7. The largest absolute Gasteiger partial charge is 0.506 e. The standard InChI is InChI=1S/C17H16Br2N2O/c1-2-5-14(19)15(10-11-18)20-21-17-13-7-4-3-6-12(13)8-9-16(17)22/h3-10,22H,2,11H2,1H3/b14-5+,15-10+,21-20+. The Morgan fingerprint density at radius 2 is 1.95 bits per heavy atom. The highest BCUT2D eigenvalue weighted by atomic mass is 79.9. The summed E-state index contributed by atoms with van der Waals surface area (Å²) < 4.78 is 0.887. The molecule has 0 fully saturated rings. The monoisotopic (exact) mass is 422 g/mol. The van der Waals surface area contributed by atoms with Crippen molar-refractivity contribution in [2.75, 3.05) is 5.33 Å². The molecular formula is C17H16Br2N2O. The smallest absolute Gasteiger partial charge is 0.143 e. The fourth-order valence-corrected chi connectivity index (χ4v) is 2.87. The van der Waals surface area contributed by atoms with Gasteiger partial charge >= 0.3 is 0 Å². The lowest BCUT2D eigenvalue weighted by molar-refractivity contribution is 0.477. The van der Waals surface area contributed by atoms with Crippen molar-refractivity contribution < 1.29 is 5.11 Å². The fourth-order valence-electron chi connectivity index (χ4n) is 2.00. The van der Waals surface area contributed by atoms with Gasteiger partial charge in [0, 0.05) is 15.2 Å². The maximum Gasteiger partial charge on any atom is 0.143 e. The lowest BCUT2D eigenvalue weighted by atomic mass is 10.1. The average Bonchev–Trinajstić information content (AvgIpc) is 2.53. The van der Waals surface area contributed by atoms with Crippen LogP contribution in [0.2, 0.25) is 0 Å². The van der Waals surface area contributed by atoms with Crippen LogP contribution in [0.1, 0.15) is 13.3 Å². The minimum absolute atomic E-state index is 0.122. The third kappa shape index (κ3) is 4.05. The second-order valence-corrected chi connectivity index (χ2v) is 6.06. The summed E-state index contributed by atoms with van der Waals surface area (Å²) in [6.07, 6.45) is 4.84. The van der Waals surface area contributed by atoms with Crippen LogP contribution in [0.4, 0.5) is 5.69 Å². The molecule has 0 aliphatic carbocycles. The number of alkyl halides is 1. The van der Waals surface area contributed by atoms with Gasteiger partial charge in [-0.05, 0) is 39.9 Å². The Hall–Kier alpha value is -1.46. The molecule has 0 atom stereocenters. The summed E-state index contributed by atoms with van der Waals surface area (Å²) in [7, 11) is 0. The molecule has 0 unspecified atom stereocenters. The van der Waals surface area contributed by atoms with Crippen molar-refractivity contribution in [2.45, 2.75) is 13.3 Å². The highest BCUT2D eigenvalue weighted by Gasteiger charge is 2.07. The minimum Gasteiger partial charge on any atom is -0.506 e. The Balaban J connectivity index is 2.46. The Bertz CT molecular complexity index is 751. The van der Waals surface area contributed by atoms with Gasteiger partial charge in [0.15, 0.2) is 0 Å². The van der Waals surface area contributed by atoms with E-state index in [2.05, 4.69) is 49.0 Å². The molecule has 0 amide bonds. The summed E-state index contributed by atoms with van der Waals surface area (Å²) in [5, 5.41) is 21.2. The number of fused-ring (bicyclic) bond motifs is 1. The average molecular weight is 424 g/mol. The van der Waals surface area contributed by atoms with Crippen LogP contribution in [0.25, 0.3) is 10.8 Å². The third-order valence-electron chi connectivity index (χ3n) is 3.04. The summed E-state index contributed by atoms with van der Waals surface area (Å²) >= 11 is 6.88. The van der Waals surface area contributed by atoms with E-state index >= 15 is 0 Å². The Kier molecular flexibility index (Phi) is 6.34. The van der Waals surface area contributed by atoms with Crippen LogP contribution in [-0.4, -0.2) is 10.4 Å². The summed E-state index contributed by atoms with van der Waals surface area (Å²) in [5.74, 6) is 0.122. The molecule has 0 aliphatic heterocycles. The number of allylic oxidation sites excluding steroid dienone is 3. The molecule has 2 aromatic carbocycles. The molecule has 2 aromatic rings.